The Hall–Kier alpha value is -3.77. The molecule has 1 saturated heterocycles. The number of likely N-dealkylation sites (tertiary alicyclic amines) is 1. The van der Waals surface area contributed by atoms with Gasteiger partial charge in [-0.3, -0.25) is 19.3 Å². The molecule has 2 atom stereocenters. The van der Waals surface area contributed by atoms with Crippen LogP contribution in [0.2, 0.25) is 0 Å². The third kappa shape index (κ3) is 2.04. The normalized spacial score (nSPS) is 26.0. The number of fused-ring (bicyclic) bond motifs is 4. The van der Waals surface area contributed by atoms with Crippen LogP contribution in [0.25, 0.3) is 0 Å². The van der Waals surface area contributed by atoms with E-state index in [0.29, 0.717) is 41.2 Å². The molecule has 6 heteroatoms. The van der Waals surface area contributed by atoms with E-state index in [4.69, 9.17) is 9.47 Å². The summed E-state index contributed by atoms with van der Waals surface area (Å²) in [6.07, 6.45) is 0.330. The molecule has 0 saturated carbocycles. The van der Waals surface area contributed by atoms with Crippen LogP contribution in [0.4, 0.5) is 0 Å². The third-order valence-corrected chi connectivity index (χ3v) is 8.28. The number of Topliss-reactive ketones (excluding diaryl/α,β-unsaturated/α-hetero) is 3. The highest BCUT2D eigenvalue weighted by Gasteiger charge is 2.77. The fraction of sp³-hybridized carbons (Fsp3) is 0.250. The lowest BCUT2D eigenvalue weighted by Crippen LogP contribution is -2.63. The van der Waals surface area contributed by atoms with Crippen LogP contribution in [-0.2, 0) is 6.42 Å². The average Bonchev–Trinajstić information content (AvgIpc) is 3.57. The molecule has 0 radical (unpaired) electrons. The van der Waals surface area contributed by atoms with Gasteiger partial charge < -0.3 is 9.47 Å². The molecule has 2 unspecified atom stereocenters. The smallest absolute Gasteiger partial charge is 0.231 e. The second kappa shape index (κ2) is 6.42. The maximum absolute atomic E-state index is 14.4. The van der Waals surface area contributed by atoms with Gasteiger partial charge in [-0.2, -0.15) is 0 Å². The summed E-state index contributed by atoms with van der Waals surface area (Å²) in [5, 5.41) is 0. The maximum atomic E-state index is 14.4. The van der Waals surface area contributed by atoms with Gasteiger partial charge in [0.25, 0.3) is 0 Å². The average molecular weight is 451 g/mol. The van der Waals surface area contributed by atoms with Crippen molar-refractivity contribution in [2.75, 3.05) is 20.4 Å². The highest BCUT2D eigenvalue weighted by atomic mass is 16.7. The van der Waals surface area contributed by atoms with Crippen molar-refractivity contribution in [2.45, 2.75) is 17.9 Å². The maximum Gasteiger partial charge on any atom is 0.231 e. The zero-order chi connectivity index (χ0) is 23.2. The number of hydrogen-bond acceptors (Lipinski definition) is 6. The van der Waals surface area contributed by atoms with Crippen LogP contribution in [-0.4, -0.2) is 48.2 Å². The largest absolute Gasteiger partial charge is 0.454 e. The fourth-order valence-electron chi connectivity index (χ4n) is 6.89. The molecule has 168 valence electrons. The van der Waals surface area contributed by atoms with Crippen LogP contribution in [0.3, 0.4) is 0 Å². The molecule has 0 N–H and O–H groups in total. The van der Waals surface area contributed by atoms with E-state index in [-0.39, 0.29) is 30.1 Å². The SMILES string of the molecule is CN1CC(c2ccc3c(c2)OCO3)C2(Cc3ccccc3C2=O)C12C(=O)c1ccccc1C2=O. The number of benzene rings is 3. The molecule has 1 fully saturated rings. The van der Waals surface area contributed by atoms with Gasteiger partial charge in [0, 0.05) is 29.2 Å². The minimum Gasteiger partial charge on any atom is -0.454 e. The van der Waals surface area contributed by atoms with E-state index in [1.807, 2.05) is 47.4 Å². The van der Waals surface area contributed by atoms with Crippen LogP contribution < -0.4 is 9.47 Å². The first-order valence-corrected chi connectivity index (χ1v) is 11.4. The molecular weight excluding hydrogens is 430 g/mol. The van der Waals surface area contributed by atoms with E-state index < -0.39 is 11.0 Å². The Morgan fingerprint density at radius 1 is 0.794 bits per heavy atom. The Labute approximate surface area is 196 Å². The van der Waals surface area contributed by atoms with Crippen molar-refractivity contribution in [2.24, 2.45) is 5.41 Å². The first-order chi connectivity index (χ1) is 16.5. The quantitative estimate of drug-likeness (QED) is 0.526. The number of carbonyl (C=O) groups excluding carboxylic acids is 3. The lowest BCUT2D eigenvalue weighted by Gasteiger charge is -2.42. The van der Waals surface area contributed by atoms with Gasteiger partial charge in [-0.05, 0) is 36.7 Å². The molecule has 2 aliphatic heterocycles. The van der Waals surface area contributed by atoms with Crippen molar-refractivity contribution in [1.29, 1.82) is 0 Å². The molecule has 2 aliphatic carbocycles. The van der Waals surface area contributed by atoms with Crippen LogP contribution in [0.15, 0.2) is 66.7 Å². The Morgan fingerprint density at radius 3 is 2.15 bits per heavy atom. The first kappa shape index (κ1) is 19.7. The van der Waals surface area contributed by atoms with Crippen molar-refractivity contribution < 1.29 is 23.9 Å². The van der Waals surface area contributed by atoms with E-state index in [1.165, 1.54) is 0 Å². The standard InChI is InChI=1S/C28H21NO5/c1-29-14-21(16-10-11-22-23(12-16)34-15-33-22)27(13-17-6-2-3-7-18(17)24(27)30)28(29)25(31)19-8-4-5-9-20(19)26(28)32/h2-12,21H,13-15H2,1H3. The lowest BCUT2D eigenvalue weighted by atomic mass is 9.59. The van der Waals surface area contributed by atoms with Crippen molar-refractivity contribution in [3.05, 3.63) is 94.5 Å². The first-order valence-electron chi connectivity index (χ1n) is 11.4. The topological polar surface area (TPSA) is 72.9 Å². The Balaban J connectivity index is 1.51. The van der Waals surface area contributed by atoms with Gasteiger partial charge in [0.05, 0.1) is 5.41 Å². The van der Waals surface area contributed by atoms with Crippen molar-refractivity contribution in [1.82, 2.24) is 4.90 Å². The molecule has 6 nitrogen and oxygen atoms in total. The second-order valence-corrected chi connectivity index (χ2v) is 9.59. The lowest BCUT2D eigenvalue weighted by molar-refractivity contribution is 0.0340. The highest BCUT2D eigenvalue weighted by Crippen LogP contribution is 2.63. The summed E-state index contributed by atoms with van der Waals surface area (Å²) in [6, 6.07) is 20.1. The Morgan fingerprint density at radius 2 is 1.44 bits per heavy atom. The monoisotopic (exact) mass is 451 g/mol. The molecular formula is C28H21NO5. The summed E-state index contributed by atoms with van der Waals surface area (Å²) in [4.78, 5) is 44.6. The molecule has 34 heavy (non-hydrogen) atoms. The van der Waals surface area contributed by atoms with Gasteiger partial charge in [-0.25, -0.2) is 0 Å². The van der Waals surface area contributed by atoms with Crippen LogP contribution >= 0.6 is 0 Å². The number of ketones is 3. The van der Waals surface area contributed by atoms with Crippen molar-refractivity contribution in [3.63, 3.8) is 0 Å². The van der Waals surface area contributed by atoms with Gasteiger partial charge in [0.1, 0.15) is 0 Å². The predicted molar refractivity (Wildman–Crippen MR) is 123 cm³/mol. The van der Waals surface area contributed by atoms with Gasteiger partial charge in [0.15, 0.2) is 34.4 Å². The number of carbonyl (C=O) groups is 3. The fourth-order valence-corrected chi connectivity index (χ4v) is 6.89. The van der Waals surface area contributed by atoms with Crippen LogP contribution in [0.1, 0.15) is 48.1 Å². The highest BCUT2D eigenvalue weighted by molar-refractivity contribution is 6.36. The summed E-state index contributed by atoms with van der Waals surface area (Å²) in [5.41, 5.74) is 0.289. The Bertz CT molecular complexity index is 1410. The minimum atomic E-state index is -1.59. The summed E-state index contributed by atoms with van der Waals surface area (Å²) in [5.74, 6) is 0.200. The Kier molecular flexibility index (Phi) is 3.72. The van der Waals surface area contributed by atoms with Crippen LogP contribution in [0, 0.1) is 5.41 Å². The van der Waals surface area contributed by atoms with Crippen LogP contribution in [0.5, 0.6) is 11.5 Å². The molecule has 0 bridgehead atoms. The summed E-state index contributed by atoms with van der Waals surface area (Å²) in [6.45, 7) is 0.542. The van der Waals surface area contributed by atoms with E-state index in [0.717, 1.165) is 11.1 Å². The zero-order valence-electron chi connectivity index (χ0n) is 18.5. The number of nitrogens with zero attached hydrogens (tertiary/aromatic N) is 1. The molecule has 3 aromatic rings. The number of likely N-dealkylation sites (N-methyl/N-ethyl adjacent to an activating group) is 1. The molecule has 2 heterocycles. The number of ether oxygens (including phenoxy) is 2. The van der Waals surface area contributed by atoms with E-state index in [1.54, 1.807) is 31.3 Å². The molecule has 7 rings (SSSR count). The van der Waals surface area contributed by atoms with E-state index in [2.05, 4.69) is 0 Å². The summed E-state index contributed by atoms with van der Waals surface area (Å²) >= 11 is 0. The van der Waals surface area contributed by atoms with Gasteiger partial charge >= 0.3 is 0 Å². The van der Waals surface area contributed by atoms with Crippen molar-refractivity contribution in [3.8, 4) is 11.5 Å². The molecule has 4 aliphatic rings. The predicted octanol–water partition coefficient (Wildman–Crippen LogP) is 3.69. The zero-order valence-corrected chi connectivity index (χ0v) is 18.5. The molecule has 0 amide bonds. The summed E-state index contributed by atoms with van der Waals surface area (Å²) in [7, 11) is 1.80. The number of rotatable bonds is 1. The van der Waals surface area contributed by atoms with Gasteiger partial charge in [-0.1, -0.05) is 54.6 Å². The second-order valence-electron chi connectivity index (χ2n) is 9.59. The molecule has 2 spiro atoms. The molecule has 0 aromatic heterocycles. The van der Waals surface area contributed by atoms with Gasteiger partial charge in [0.2, 0.25) is 6.79 Å². The van der Waals surface area contributed by atoms with E-state index in [9.17, 15) is 14.4 Å². The number of hydrogen-bond donors (Lipinski definition) is 0. The minimum absolute atomic E-state index is 0.135. The summed E-state index contributed by atoms with van der Waals surface area (Å²) < 4.78 is 11.1. The third-order valence-electron chi connectivity index (χ3n) is 8.28. The van der Waals surface area contributed by atoms with Gasteiger partial charge in [-0.15, -0.1) is 0 Å². The molecule has 3 aromatic carbocycles. The van der Waals surface area contributed by atoms with E-state index >= 15 is 0 Å². The van der Waals surface area contributed by atoms with Crippen molar-refractivity contribution >= 4 is 17.3 Å².